The van der Waals surface area contributed by atoms with E-state index in [9.17, 15) is 0 Å². The largest absolute Gasteiger partial charge is 0.309 e. The second-order valence-corrected chi connectivity index (χ2v) is 13.5. The van der Waals surface area contributed by atoms with E-state index in [1.807, 2.05) is 60.7 Å². The highest BCUT2D eigenvalue weighted by atomic mass is 15.2. The Morgan fingerprint density at radius 1 is 0.315 bits per heavy atom. The number of benzene rings is 7. The van der Waals surface area contributed by atoms with E-state index in [-0.39, 0.29) is 0 Å². The number of anilines is 6. The van der Waals surface area contributed by atoms with Gasteiger partial charge in [-0.15, -0.1) is 0 Å². The van der Waals surface area contributed by atoms with Gasteiger partial charge in [0.1, 0.15) is 0 Å². The highest BCUT2D eigenvalue weighted by molar-refractivity contribution is 6.03. The van der Waals surface area contributed by atoms with E-state index in [2.05, 4.69) is 138 Å². The molecule has 0 saturated heterocycles. The number of fused-ring (bicyclic) bond motifs is 4. The summed E-state index contributed by atoms with van der Waals surface area (Å²) in [5.74, 6) is 1.81. The van der Waals surface area contributed by atoms with Crippen LogP contribution < -0.4 is 9.80 Å². The fraction of sp³-hybridized carbons (Fsp3) is 0. The molecule has 0 saturated carbocycles. The Bertz CT molecular complexity index is 2490. The molecule has 0 radical (unpaired) electrons. The Balaban J connectivity index is 1.27. The number of nitrogens with zero attached hydrogens (tertiary/aromatic N) is 5. The average molecular weight is 692 g/mol. The maximum absolute atomic E-state index is 5.19. The van der Waals surface area contributed by atoms with Crippen molar-refractivity contribution in [2.24, 2.45) is 0 Å². The highest BCUT2D eigenvalue weighted by Gasteiger charge is 2.30. The smallest absolute Gasteiger partial charge is 0.164 e. The first-order chi connectivity index (χ1) is 26.6. The van der Waals surface area contributed by atoms with Gasteiger partial charge in [0.15, 0.2) is 17.5 Å². The van der Waals surface area contributed by atoms with Crippen LogP contribution in [-0.2, 0) is 0 Å². The van der Waals surface area contributed by atoms with Crippen molar-refractivity contribution in [3.63, 3.8) is 0 Å². The molecule has 0 fully saturated rings. The van der Waals surface area contributed by atoms with Gasteiger partial charge in [0.25, 0.3) is 0 Å². The molecule has 5 nitrogen and oxygen atoms in total. The Labute approximate surface area is 314 Å². The summed E-state index contributed by atoms with van der Waals surface area (Å²) >= 11 is 0. The van der Waals surface area contributed by atoms with Crippen molar-refractivity contribution in [3.8, 4) is 34.2 Å². The third-order valence-electron chi connectivity index (χ3n) is 10.3. The number of hydrogen-bond acceptors (Lipinski definition) is 5. The van der Waals surface area contributed by atoms with E-state index in [1.165, 1.54) is 0 Å². The summed E-state index contributed by atoms with van der Waals surface area (Å²) in [5.41, 5.74) is 15.2. The number of rotatable bonds is 5. The van der Waals surface area contributed by atoms with E-state index in [0.717, 1.165) is 84.2 Å². The van der Waals surface area contributed by atoms with Crippen LogP contribution >= 0.6 is 0 Å². The number of para-hydroxylation sites is 4. The van der Waals surface area contributed by atoms with Crippen LogP contribution in [0.5, 0.6) is 0 Å². The maximum Gasteiger partial charge on any atom is 0.164 e. The van der Waals surface area contributed by atoms with Crippen molar-refractivity contribution >= 4 is 45.3 Å². The van der Waals surface area contributed by atoms with Gasteiger partial charge < -0.3 is 9.80 Å². The number of hydrogen-bond donors (Lipinski definition) is 0. The summed E-state index contributed by atoms with van der Waals surface area (Å²) in [6, 6.07) is 60.8. The van der Waals surface area contributed by atoms with E-state index >= 15 is 0 Å². The molecule has 2 aliphatic rings. The molecule has 5 heteroatoms. The van der Waals surface area contributed by atoms with Gasteiger partial charge >= 0.3 is 0 Å². The average Bonchev–Trinajstić information content (AvgIpc) is 3.24. The third kappa shape index (κ3) is 5.13. The normalized spacial score (nSPS) is 12.8. The fourth-order valence-electron chi connectivity index (χ4n) is 7.72. The summed E-state index contributed by atoms with van der Waals surface area (Å²) in [7, 11) is 0. The molecule has 7 aromatic carbocycles. The molecular formula is C49H33N5. The first-order valence-electron chi connectivity index (χ1n) is 18.0. The topological polar surface area (TPSA) is 45.2 Å². The molecule has 0 N–H and O–H groups in total. The monoisotopic (exact) mass is 691 g/mol. The Morgan fingerprint density at radius 2 is 0.611 bits per heavy atom. The molecule has 0 bridgehead atoms. The van der Waals surface area contributed by atoms with E-state index < -0.39 is 0 Å². The first-order valence-corrected chi connectivity index (χ1v) is 18.0. The third-order valence-corrected chi connectivity index (χ3v) is 10.3. The summed E-state index contributed by atoms with van der Waals surface area (Å²) < 4.78 is 0. The van der Waals surface area contributed by atoms with Crippen molar-refractivity contribution in [2.45, 2.75) is 0 Å². The zero-order valence-electron chi connectivity index (χ0n) is 29.4. The molecule has 0 amide bonds. The van der Waals surface area contributed by atoms with Crippen LogP contribution in [0.15, 0.2) is 189 Å². The standard InChI is InChI=1S/C49H33N5/c1-32-39-21-9-13-25-43(39)53(44-26-14-10-22-40(32)44)37-29-36(49-51-47(34-17-5-3-6-18-34)50-48(52-49)35-19-7-4-8-20-35)30-38(31-37)54-45-27-15-11-23-41(45)33(2)42-24-12-16-28-46(42)54/h3-31H,1-2H2. The molecule has 0 atom stereocenters. The minimum atomic E-state index is 0.580. The lowest BCUT2D eigenvalue weighted by molar-refractivity contribution is 1.07. The molecule has 2 aliphatic heterocycles. The predicted octanol–water partition coefficient (Wildman–Crippen LogP) is 12.6. The highest BCUT2D eigenvalue weighted by Crippen LogP contribution is 2.52. The number of aromatic nitrogens is 3. The van der Waals surface area contributed by atoms with E-state index in [1.54, 1.807) is 0 Å². The van der Waals surface area contributed by atoms with Crippen LogP contribution in [0, 0.1) is 0 Å². The summed E-state index contributed by atoms with van der Waals surface area (Å²) in [6.07, 6.45) is 0. The van der Waals surface area contributed by atoms with Crippen molar-refractivity contribution in [1.82, 2.24) is 15.0 Å². The molecule has 0 spiro atoms. The Kier molecular flexibility index (Phi) is 7.37. The molecule has 0 aliphatic carbocycles. The van der Waals surface area contributed by atoms with Crippen molar-refractivity contribution in [2.75, 3.05) is 9.80 Å². The van der Waals surface area contributed by atoms with Crippen LogP contribution in [0.25, 0.3) is 45.3 Å². The Morgan fingerprint density at radius 3 is 0.963 bits per heavy atom. The van der Waals surface area contributed by atoms with Gasteiger partial charge in [-0.05, 0) is 53.6 Å². The lowest BCUT2D eigenvalue weighted by Crippen LogP contribution is -2.20. The molecular weight excluding hydrogens is 659 g/mol. The second-order valence-electron chi connectivity index (χ2n) is 13.5. The molecule has 8 aromatic rings. The van der Waals surface area contributed by atoms with Gasteiger partial charge in [-0.1, -0.05) is 147 Å². The fourth-order valence-corrected chi connectivity index (χ4v) is 7.72. The minimum Gasteiger partial charge on any atom is -0.309 e. The lowest BCUT2D eigenvalue weighted by Gasteiger charge is -2.37. The predicted molar refractivity (Wildman–Crippen MR) is 222 cm³/mol. The van der Waals surface area contributed by atoms with E-state index in [4.69, 9.17) is 15.0 Å². The Hall–Kier alpha value is -7.37. The van der Waals surface area contributed by atoms with Crippen molar-refractivity contribution in [3.05, 3.63) is 211 Å². The van der Waals surface area contributed by atoms with Crippen LogP contribution in [0.2, 0.25) is 0 Å². The molecule has 0 unspecified atom stereocenters. The van der Waals surface area contributed by atoms with Crippen molar-refractivity contribution in [1.29, 1.82) is 0 Å². The zero-order valence-corrected chi connectivity index (χ0v) is 29.4. The molecule has 54 heavy (non-hydrogen) atoms. The molecule has 1 aromatic heterocycles. The van der Waals surface area contributed by atoms with E-state index in [0.29, 0.717) is 17.5 Å². The lowest BCUT2D eigenvalue weighted by atomic mass is 9.90. The summed E-state index contributed by atoms with van der Waals surface area (Å²) in [6.45, 7) is 9.09. The van der Waals surface area contributed by atoms with Gasteiger partial charge in [-0.3, -0.25) is 0 Å². The SMILES string of the molecule is C=C1c2ccccc2N(c2cc(-c3nc(-c4ccccc4)nc(-c4ccccc4)n3)cc(N3c4ccccc4C(=C)c4ccccc43)c2)c2ccccc21. The van der Waals surface area contributed by atoms with Gasteiger partial charge in [0.2, 0.25) is 0 Å². The first kappa shape index (κ1) is 31.4. The van der Waals surface area contributed by atoms with Crippen LogP contribution in [0.4, 0.5) is 34.1 Å². The molecule has 254 valence electrons. The quantitative estimate of drug-likeness (QED) is 0.180. The van der Waals surface area contributed by atoms with Gasteiger partial charge in [0.05, 0.1) is 22.7 Å². The molecule has 10 rings (SSSR count). The van der Waals surface area contributed by atoms with Gasteiger partial charge in [-0.25, -0.2) is 15.0 Å². The van der Waals surface area contributed by atoms with Gasteiger partial charge in [0, 0.05) is 50.3 Å². The van der Waals surface area contributed by atoms with Gasteiger partial charge in [-0.2, -0.15) is 0 Å². The van der Waals surface area contributed by atoms with Crippen LogP contribution in [-0.4, -0.2) is 15.0 Å². The molecule has 3 heterocycles. The summed E-state index contributed by atoms with van der Waals surface area (Å²) in [4.78, 5) is 20.0. The van der Waals surface area contributed by atoms with Crippen molar-refractivity contribution < 1.29 is 0 Å². The zero-order chi connectivity index (χ0) is 36.2. The van der Waals surface area contributed by atoms with Crippen LogP contribution in [0.1, 0.15) is 22.3 Å². The minimum absolute atomic E-state index is 0.580. The van der Waals surface area contributed by atoms with Crippen LogP contribution in [0.3, 0.4) is 0 Å². The maximum atomic E-state index is 5.19. The summed E-state index contributed by atoms with van der Waals surface area (Å²) in [5, 5.41) is 0. The second kappa shape index (κ2) is 12.7.